The van der Waals surface area contributed by atoms with Crippen molar-refractivity contribution in [1.82, 2.24) is 15.6 Å². The zero-order chi connectivity index (χ0) is 11.4. The molecule has 16 heavy (non-hydrogen) atoms. The van der Waals surface area contributed by atoms with Gasteiger partial charge in [0.05, 0.1) is 6.61 Å². The van der Waals surface area contributed by atoms with Crippen LogP contribution in [-0.4, -0.2) is 49.9 Å². The average Bonchev–Trinajstić information content (AvgIpc) is 2.69. The van der Waals surface area contributed by atoms with Gasteiger partial charge < -0.3 is 4.74 Å². The van der Waals surface area contributed by atoms with E-state index in [0.717, 1.165) is 25.6 Å². The Balaban J connectivity index is 1.88. The van der Waals surface area contributed by atoms with Crippen molar-refractivity contribution in [3.8, 4) is 0 Å². The topological polar surface area (TPSA) is 27.7 Å². The number of nitrogens with one attached hydrogen (secondary N) is 1. The lowest BCUT2D eigenvalue weighted by atomic mass is 9.83. The molecule has 2 rings (SSSR count). The van der Waals surface area contributed by atoms with Gasteiger partial charge in [-0.15, -0.1) is 0 Å². The molecule has 0 amide bonds. The lowest BCUT2D eigenvalue weighted by molar-refractivity contribution is 0.0584. The highest BCUT2D eigenvalue weighted by atomic mass is 16.5. The van der Waals surface area contributed by atoms with Crippen LogP contribution in [0.1, 0.15) is 32.1 Å². The van der Waals surface area contributed by atoms with Crippen molar-refractivity contribution in [2.45, 2.75) is 38.1 Å². The third-order valence-electron chi connectivity index (χ3n) is 3.89. The maximum atomic E-state index is 5.17. The van der Waals surface area contributed by atoms with Crippen LogP contribution in [0.2, 0.25) is 0 Å². The van der Waals surface area contributed by atoms with Crippen LogP contribution in [0.25, 0.3) is 0 Å². The van der Waals surface area contributed by atoms with Crippen LogP contribution >= 0.6 is 0 Å². The van der Waals surface area contributed by atoms with E-state index in [4.69, 9.17) is 4.74 Å². The molecule has 1 unspecified atom stereocenters. The molecule has 1 atom stereocenters. The van der Waals surface area contributed by atoms with Gasteiger partial charge in [0.1, 0.15) is 0 Å². The Kier molecular flexibility index (Phi) is 4.58. The molecule has 1 saturated carbocycles. The number of methoxy groups -OCH3 is 1. The van der Waals surface area contributed by atoms with E-state index in [0.29, 0.717) is 6.04 Å². The zero-order valence-corrected chi connectivity index (χ0v) is 10.6. The van der Waals surface area contributed by atoms with Gasteiger partial charge in [0, 0.05) is 33.3 Å². The Morgan fingerprint density at radius 2 is 2.00 bits per heavy atom. The summed E-state index contributed by atoms with van der Waals surface area (Å²) >= 11 is 0. The predicted octanol–water partition coefficient (Wildman–Crippen LogP) is 1.25. The molecule has 1 saturated heterocycles. The summed E-state index contributed by atoms with van der Waals surface area (Å²) in [5.41, 5.74) is 3.42. The van der Waals surface area contributed by atoms with Gasteiger partial charge in [-0.2, -0.15) is 5.53 Å². The quantitative estimate of drug-likeness (QED) is 0.782. The molecule has 1 aliphatic heterocycles. The Hall–Kier alpha value is -0.160. The molecular formula is C12H25N3O. The van der Waals surface area contributed by atoms with Crippen molar-refractivity contribution in [3.05, 3.63) is 0 Å². The second-order valence-corrected chi connectivity index (χ2v) is 5.13. The molecule has 0 aromatic rings. The minimum atomic E-state index is 0.681. The fourth-order valence-corrected chi connectivity index (χ4v) is 3.04. The van der Waals surface area contributed by atoms with Crippen LogP contribution in [0, 0.1) is 5.92 Å². The molecule has 0 radical (unpaired) electrons. The fourth-order valence-electron chi connectivity index (χ4n) is 3.04. The van der Waals surface area contributed by atoms with Gasteiger partial charge >= 0.3 is 0 Å². The van der Waals surface area contributed by atoms with Crippen molar-refractivity contribution in [2.24, 2.45) is 5.92 Å². The Bertz CT molecular complexity index is 206. The maximum Gasteiger partial charge on any atom is 0.0604 e. The van der Waals surface area contributed by atoms with Crippen molar-refractivity contribution >= 4 is 0 Å². The third-order valence-corrected chi connectivity index (χ3v) is 3.89. The molecule has 0 aromatic carbocycles. The summed E-state index contributed by atoms with van der Waals surface area (Å²) in [5, 5.41) is 4.58. The normalized spacial score (nSPS) is 30.0. The van der Waals surface area contributed by atoms with Gasteiger partial charge in [-0.3, -0.25) is 0 Å². The molecule has 1 heterocycles. The first-order valence-corrected chi connectivity index (χ1v) is 6.54. The monoisotopic (exact) mass is 227 g/mol. The van der Waals surface area contributed by atoms with Crippen molar-refractivity contribution < 1.29 is 4.74 Å². The summed E-state index contributed by atoms with van der Waals surface area (Å²) < 4.78 is 5.17. The minimum Gasteiger partial charge on any atom is -0.383 e. The minimum absolute atomic E-state index is 0.681. The first-order valence-electron chi connectivity index (χ1n) is 6.54. The second-order valence-electron chi connectivity index (χ2n) is 5.13. The number of rotatable bonds is 4. The maximum absolute atomic E-state index is 5.17. The van der Waals surface area contributed by atoms with Gasteiger partial charge in [0.25, 0.3) is 0 Å². The highest BCUT2D eigenvalue weighted by Crippen LogP contribution is 2.30. The van der Waals surface area contributed by atoms with Crippen LogP contribution in [0.3, 0.4) is 0 Å². The van der Waals surface area contributed by atoms with Gasteiger partial charge in [0.2, 0.25) is 0 Å². The Morgan fingerprint density at radius 3 is 2.69 bits per heavy atom. The molecule has 2 fully saturated rings. The first kappa shape index (κ1) is 12.3. The fraction of sp³-hybridized carbons (Fsp3) is 1.00. The molecule has 1 aliphatic carbocycles. The first-order chi connectivity index (χ1) is 7.81. The van der Waals surface area contributed by atoms with E-state index in [1.807, 2.05) is 0 Å². The molecule has 0 bridgehead atoms. The number of ether oxygens (including phenoxy) is 1. The number of hydrogen-bond donors (Lipinski definition) is 1. The van der Waals surface area contributed by atoms with Crippen molar-refractivity contribution in [2.75, 3.05) is 33.9 Å². The van der Waals surface area contributed by atoms with Crippen LogP contribution in [0.4, 0.5) is 0 Å². The van der Waals surface area contributed by atoms with E-state index in [1.54, 1.807) is 7.11 Å². The van der Waals surface area contributed by atoms with Crippen molar-refractivity contribution in [1.29, 1.82) is 0 Å². The molecule has 0 spiro atoms. The molecule has 4 heteroatoms. The zero-order valence-electron chi connectivity index (χ0n) is 10.6. The number of nitrogens with zero attached hydrogens (tertiary/aromatic N) is 2. The Labute approximate surface area is 98.9 Å². The van der Waals surface area contributed by atoms with E-state index in [-0.39, 0.29) is 0 Å². The van der Waals surface area contributed by atoms with E-state index in [9.17, 15) is 0 Å². The summed E-state index contributed by atoms with van der Waals surface area (Å²) in [6, 6.07) is 0.681. The van der Waals surface area contributed by atoms with Crippen LogP contribution in [-0.2, 0) is 4.74 Å². The highest BCUT2D eigenvalue weighted by Gasteiger charge is 2.34. The Morgan fingerprint density at radius 1 is 1.25 bits per heavy atom. The second kappa shape index (κ2) is 5.96. The SMILES string of the molecule is COCCN1NN(C)CC1C1CCCCC1. The van der Waals surface area contributed by atoms with Crippen LogP contribution in [0.15, 0.2) is 0 Å². The largest absolute Gasteiger partial charge is 0.383 e. The van der Waals surface area contributed by atoms with Gasteiger partial charge in [-0.05, 0) is 18.8 Å². The summed E-state index contributed by atoms with van der Waals surface area (Å²) in [6.45, 7) is 2.94. The molecule has 94 valence electrons. The van der Waals surface area contributed by atoms with E-state index in [1.165, 1.54) is 32.1 Å². The summed E-state index contributed by atoms with van der Waals surface area (Å²) in [4.78, 5) is 0. The van der Waals surface area contributed by atoms with Crippen LogP contribution in [0.5, 0.6) is 0 Å². The molecule has 0 aromatic heterocycles. The van der Waals surface area contributed by atoms with Gasteiger partial charge in [0.15, 0.2) is 0 Å². The lowest BCUT2D eigenvalue weighted by Gasteiger charge is -2.32. The number of likely N-dealkylation sites (N-methyl/N-ethyl adjacent to an activating group) is 1. The third kappa shape index (κ3) is 2.94. The molecular weight excluding hydrogens is 202 g/mol. The van der Waals surface area contributed by atoms with Crippen LogP contribution < -0.4 is 5.53 Å². The van der Waals surface area contributed by atoms with Gasteiger partial charge in [-0.1, -0.05) is 19.3 Å². The summed E-state index contributed by atoms with van der Waals surface area (Å²) in [7, 11) is 3.90. The molecule has 1 N–H and O–H groups in total. The lowest BCUT2D eigenvalue weighted by Crippen LogP contribution is -2.45. The number of hydrazine groups is 2. The predicted molar refractivity (Wildman–Crippen MR) is 64.7 cm³/mol. The smallest absolute Gasteiger partial charge is 0.0604 e. The van der Waals surface area contributed by atoms with Gasteiger partial charge in [-0.25, -0.2) is 10.0 Å². The summed E-state index contributed by atoms with van der Waals surface area (Å²) in [5.74, 6) is 0.878. The van der Waals surface area contributed by atoms with Crippen molar-refractivity contribution in [3.63, 3.8) is 0 Å². The highest BCUT2D eigenvalue weighted by molar-refractivity contribution is 4.85. The average molecular weight is 227 g/mol. The van der Waals surface area contributed by atoms with E-state index in [2.05, 4.69) is 22.6 Å². The standard InChI is InChI=1S/C12H25N3O/c1-14-10-12(11-6-4-3-5-7-11)15(13-14)8-9-16-2/h11-13H,3-10H2,1-2H3. The molecule has 4 nitrogen and oxygen atoms in total. The van der Waals surface area contributed by atoms with E-state index >= 15 is 0 Å². The summed E-state index contributed by atoms with van der Waals surface area (Å²) in [6.07, 6.45) is 7.09. The number of hydrogen-bond acceptors (Lipinski definition) is 4. The molecule has 2 aliphatic rings. The van der Waals surface area contributed by atoms with E-state index < -0.39 is 0 Å².